The van der Waals surface area contributed by atoms with E-state index >= 15 is 0 Å². The minimum Gasteiger partial charge on any atom is -0.356 e. The Labute approximate surface area is 133 Å². The van der Waals surface area contributed by atoms with Crippen molar-refractivity contribution in [2.24, 2.45) is 0 Å². The Morgan fingerprint density at radius 1 is 1.29 bits per heavy atom. The third-order valence-electron chi connectivity index (χ3n) is 4.11. The molecule has 21 heavy (non-hydrogen) atoms. The summed E-state index contributed by atoms with van der Waals surface area (Å²) >= 11 is 3.30. The van der Waals surface area contributed by atoms with Crippen molar-refractivity contribution < 1.29 is 9.59 Å². The molecule has 1 heterocycles. The first-order valence-corrected chi connectivity index (χ1v) is 8.13. The zero-order valence-corrected chi connectivity index (χ0v) is 14.1. The number of hydrogen-bond donors (Lipinski definition) is 1. The highest BCUT2D eigenvalue weighted by Crippen LogP contribution is 2.21. The molecule has 1 aliphatic carbocycles. The standard InChI is InChI=1S/C15H22BrN3O2/c1-18(15(21)13-8-11(16)9-17-13)10-14(20)19(2)12-6-4-3-5-7-12/h8-9,12,17H,3-7,10H2,1-2H3. The summed E-state index contributed by atoms with van der Waals surface area (Å²) in [7, 11) is 3.51. The van der Waals surface area contributed by atoms with Gasteiger partial charge in [0.15, 0.2) is 0 Å². The summed E-state index contributed by atoms with van der Waals surface area (Å²) in [6, 6.07) is 2.04. The summed E-state index contributed by atoms with van der Waals surface area (Å²) in [4.78, 5) is 30.7. The van der Waals surface area contributed by atoms with Crippen molar-refractivity contribution in [3.63, 3.8) is 0 Å². The van der Waals surface area contributed by atoms with E-state index in [0.717, 1.165) is 17.3 Å². The molecule has 1 N–H and O–H groups in total. The fourth-order valence-electron chi connectivity index (χ4n) is 2.76. The number of aromatic amines is 1. The molecule has 1 aromatic heterocycles. The largest absolute Gasteiger partial charge is 0.356 e. The Morgan fingerprint density at radius 2 is 1.95 bits per heavy atom. The van der Waals surface area contributed by atoms with Crippen LogP contribution in [0.15, 0.2) is 16.7 Å². The molecular weight excluding hydrogens is 334 g/mol. The summed E-state index contributed by atoms with van der Waals surface area (Å²) in [6.45, 7) is 0.114. The Hall–Kier alpha value is -1.30. The summed E-state index contributed by atoms with van der Waals surface area (Å²) in [5.74, 6) is -0.172. The second kappa shape index (κ2) is 7.11. The summed E-state index contributed by atoms with van der Waals surface area (Å²) < 4.78 is 0.824. The quantitative estimate of drug-likeness (QED) is 0.902. The van der Waals surface area contributed by atoms with E-state index in [2.05, 4.69) is 20.9 Å². The predicted molar refractivity (Wildman–Crippen MR) is 85.1 cm³/mol. The molecule has 2 rings (SSSR count). The van der Waals surface area contributed by atoms with Crippen LogP contribution in [0.25, 0.3) is 0 Å². The van der Waals surface area contributed by atoms with Crippen LogP contribution in [0.3, 0.4) is 0 Å². The summed E-state index contributed by atoms with van der Waals surface area (Å²) in [6.07, 6.45) is 7.49. The Balaban J connectivity index is 1.90. The number of amides is 2. The van der Waals surface area contributed by atoms with Crippen LogP contribution >= 0.6 is 15.9 Å². The molecule has 0 bridgehead atoms. The van der Waals surface area contributed by atoms with Crippen LogP contribution in [0.1, 0.15) is 42.6 Å². The van der Waals surface area contributed by atoms with Gasteiger partial charge in [-0.15, -0.1) is 0 Å². The molecule has 0 atom stereocenters. The SMILES string of the molecule is CN(CC(=O)N(C)C1CCCCC1)C(=O)c1cc(Br)c[nH]1. The van der Waals surface area contributed by atoms with E-state index in [1.54, 1.807) is 19.3 Å². The second-order valence-electron chi connectivity index (χ2n) is 5.69. The number of aromatic nitrogens is 1. The molecule has 0 saturated heterocycles. The van der Waals surface area contributed by atoms with Gasteiger partial charge in [-0.05, 0) is 34.8 Å². The van der Waals surface area contributed by atoms with Crippen LogP contribution in [-0.2, 0) is 4.79 Å². The highest BCUT2D eigenvalue weighted by atomic mass is 79.9. The minimum atomic E-state index is -0.175. The van der Waals surface area contributed by atoms with Gasteiger partial charge in [-0.25, -0.2) is 0 Å². The molecule has 6 heteroatoms. The lowest BCUT2D eigenvalue weighted by atomic mass is 9.94. The third kappa shape index (κ3) is 4.09. The number of hydrogen-bond acceptors (Lipinski definition) is 2. The van der Waals surface area contributed by atoms with E-state index in [-0.39, 0.29) is 18.4 Å². The molecule has 1 fully saturated rings. The number of carbonyl (C=O) groups is 2. The van der Waals surface area contributed by atoms with Crippen LogP contribution in [0.4, 0.5) is 0 Å². The molecule has 0 unspecified atom stereocenters. The van der Waals surface area contributed by atoms with Gasteiger partial charge in [0.05, 0.1) is 6.54 Å². The highest BCUT2D eigenvalue weighted by Gasteiger charge is 2.24. The van der Waals surface area contributed by atoms with Crippen LogP contribution < -0.4 is 0 Å². The van der Waals surface area contributed by atoms with Gasteiger partial charge in [0.1, 0.15) is 5.69 Å². The van der Waals surface area contributed by atoms with E-state index in [1.165, 1.54) is 24.2 Å². The van der Waals surface area contributed by atoms with Gasteiger partial charge in [0.25, 0.3) is 5.91 Å². The fourth-order valence-corrected chi connectivity index (χ4v) is 3.10. The average Bonchev–Trinajstić information content (AvgIpc) is 2.93. The molecule has 116 valence electrons. The van der Waals surface area contributed by atoms with Crippen molar-refractivity contribution >= 4 is 27.7 Å². The molecular formula is C15H22BrN3O2. The molecule has 1 saturated carbocycles. The van der Waals surface area contributed by atoms with E-state index in [1.807, 2.05) is 11.9 Å². The topological polar surface area (TPSA) is 56.4 Å². The van der Waals surface area contributed by atoms with Gasteiger partial charge in [-0.3, -0.25) is 9.59 Å². The maximum Gasteiger partial charge on any atom is 0.270 e. The second-order valence-corrected chi connectivity index (χ2v) is 6.60. The van der Waals surface area contributed by atoms with Crippen LogP contribution in [0.5, 0.6) is 0 Å². The van der Waals surface area contributed by atoms with Crippen molar-refractivity contribution in [1.82, 2.24) is 14.8 Å². The van der Waals surface area contributed by atoms with Crippen molar-refractivity contribution in [2.75, 3.05) is 20.6 Å². The first-order valence-electron chi connectivity index (χ1n) is 7.34. The zero-order valence-electron chi connectivity index (χ0n) is 12.6. The number of likely N-dealkylation sites (N-methyl/N-ethyl adjacent to an activating group) is 2. The monoisotopic (exact) mass is 355 g/mol. The van der Waals surface area contributed by atoms with Gasteiger partial charge in [0.2, 0.25) is 5.91 Å². The van der Waals surface area contributed by atoms with Crippen LogP contribution in [-0.4, -0.2) is 53.3 Å². The summed E-state index contributed by atoms with van der Waals surface area (Å²) in [5, 5.41) is 0. The fraction of sp³-hybridized carbons (Fsp3) is 0.600. The van der Waals surface area contributed by atoms with Gasteiger partial charge in [-0.1, -0.05) is 19.3 Å². The van der Waals surface area contributed by atoms with Gasteiger partial charge >= 0.3 is 0 Å². The molecule has 5 nitrogen and oxygen atoms in total. The Bertz CT molecular complexity index is 509. The molecule has 0 aromatic carbocycles. The predicted octanol–water partition coefficient (Wildman–Crippen LogP) is 2.64. The smallest absolute Gasteiger partial charge is 0.270 e. The molecule has 0 radical (unpaired) electrons. The normalized spacial score (nSPS) is 15.8. The van der Waals surface area contributed by atoms with E-state index in [0.29, 0.717) is 11.7 Å². The van der Waals surface area contributed by atoms with E-state index < -0.39 is 0 Å². The van der Waals surface area contributed by atoms with Gasteiger partial charge in [0, 0.05) is 30.8 Å². The first kappa shape index (κ1) is 16.1. The summed E-state index contributed by atoms with van der Waals surface area (Å²) in [5.41, 5.74) is 0.484. The number of H-pyrrole nitrogens is 1. The lowest BCUT2D eigenvalue weighted by molar-refractivity contribution is -0.133. The van der Waals surface area contributed by atoms with E-state index in [4.69, 9.17) is 0 Å². The highest BCUT2D eigenvalue weighted by molar-refractivity contribution is 9.10. The first-order chi connectivity index (χ1) is 9.99. The van der Waals surface area contributed by atoms with Crippen molar-refractivity contribution in [3.05, 3.63) is 22.4 Å². The van der Waals surface area contributed by atoms with Crippen LogP contribution in [0.2, 0.25) is 0 Å². The lowest BCUT2D eigenvalue weighted by Crippen LogP contribution is -2.44. The average molecular weight is 356 g/mol. The maximum absolute atomic E-state index is 12.3. The number of rotatable bonds is 4. The Morgan fingerprint density at radius 3 is 2.52 bits per heavy atom. The Kier molecular flexibility index (Phi) is 5.45. The third-order valence-corrected chi connectivity index (χ3v) is 4.57. The minimum absolute atomic E-state index is 0.00312. The number of nitrogens with zero attached hydrogens (tertiary/aromatic N) is 2. The van der Waals surface area contributed by atoms with Gasteiger partial charge in [-0.2, -0.15) is 0 Å². The maximum atomic E-state index is 12.3. The molecule has 2 amide bonds. The molecule has 0 aliphatic heterocycles. The van der Waals surface area contributed by atoms with Crippen LogP contribution in [0, 0.1) is 0 Å². The zero-order chi connectivity index (χ0) is 15.4. The molecule has 1 aliphatic rings. The lowest BCUT2D eigenvalue weighted by Gasteiger charge is -2.32. The van der Waals surface area contributed by atoms with Crippen molar-refractivity contribution in [1.29, 1.82) is 0 Å². The van der Waals surface area contributed by atoms with E-state index in [9.17, 15) is 9.59 Å². The number of nitrogens with one attached hydrogen (secondary N) is 1. The number of carbonyl (C=O) groups excluding carboxylic acids is 2. The molecule has 1 aromatic rings. The number of halogens is 1. The molecule has 0 spiro atoms. The van der Waals surface area contributed by atoms with Crippen molar-refractivity contribution in [3.8, 4) is 0 Å². The van der Waals surface area contributed by atoms with Gasteiger partial charge < -0.3 is 14.8 Å². The van der Waals surface area contributed by atoms with Crippen molar-refractivity contribution in [2.45, 2.75) is 38.1 Å².